The quantitative estimate of drug-likeness (QED) is 0.836. The molecule has 1 N–H and O–H groups in total. The summed E-state index contributed by atoms with van der Waals surface area (Å²) in [5, 5.41) is 8.49. The lowest BCUT2D eigenvalue weighted by atomic mass is 10.2. The molecule has 0 saturated heterocycles. The van der Waals surface area contributed by atoms with Crippen molar-refractivity contribution in [2.45, 2.75) is 19.6 Å². The molecule has 0 unspecified atom stereocenters. The van der Waals surface area contributed by atoms with Crippen molar-refractivity contribution < 1.29 is 23.4 Å². The monoisotopic (exact) mass is 216 g/mol. The summed E-state index contributed by atoms with van der Waals surface area (Å²) in [4.78, 5) is 10.4. The highest BCUT2D eigenvalue weighted by Crippen LogP contribution is 2.13. The Balaban J connectivity index is 2.66. The number of halogens is 2. The van der Waals surface area contributed by atoms with Gasteiger partial charge in [-0.1, -0.05) is 12.1 Å². The molecule has 82 valence electrons. The van der Waals surface area contributed by atoms with Crippen molar-refractivity contribution >= 4 is 5.97 Å². The Labute approximate surface area is 85.3 Å². The zero-order valence-electron chi connectivity index (χ0n) is 8.04. The van der Waals surface area contributed by atoms with E-state index in [1.807, 2.05) is 0 Å². The molecule has 0 saturated carbocycles. The molecule has 1 aromatic carbocycles. The number of hydrogen-bond acceptors (Lipinski definition) is 2. The minimum absolute atomic E-state index is 0.00287. The molecule has 0 radical (unpaired) electrons. The van der Waals surface area contributed by atoms with Gasteiger partial charge in [0.1, 0.15) is 0 Å². The van der Waals surface area contributed by atoms with Crippen molar-refractivity contribution in [3.8, 4) is 0 Å². The summed E-state index contributed by atoms with van der Waals surface area (Å²) >= 11 is 0. The van der Waals surface area contributed by atoms with E-state index in [1.165, 1.54) is 19.1 Å². The Morgan fingerprint density at radius 2 is 2.20 bits per heavy atom. The lowest BCUT2D eigenvalue weighted by Crippen LogP contribution is -2.19. The second-order valence-electron chi connectivity index (χ2n) is 3.00. The summed E-state index contributed by atoms with van der Waals surface area (Å²) in [6, 6.07) is 3.66. The van der Waals surface area contributed by atoms with Gasteiger partial charge in [-0.2, -0.15) is 0 Å². The number of ether oxygens (including phenoxy) is 1. The predicted octanol–water partition coefficient (Wildman–Crippen LogP) is 1.95. The molecule has 0 amide bonds. The van der Waals surface area contributed by atoms with Crippen molar-refractivity contribution in [2.75, 3.05) is 0 Å². The molecule has 0 bridgehead atoms. The maximum absolute atomic E-state index is 13.1. The van der Waals surface area contributed by atoms with Gasteiger partial charge in [-0.3, -0.25) is 0 Å². The van der Waals surface area contributed by atoms with Crippen LogP contribution in [-0.4, -0.2) is 17.2 Å². The fourth-order valence-corrected chi connectivity index (χ4v) is 0.946. The van der Waals surface area contributed by atoms with Gasteiger partial charge in [-0.05, 0) is 13.0 Å². The topological polar surface area (TPSA) is 46.5 Å². The molecule has 15 heavy (non-hydrogen) atoms. The number of benzene rings is 1. The van der Waals surface area contributed by atoms with Crippen LogP contribution < -0.4 is 0 Å². The van der Waals surface area contributed by atoms with Gasteiger partial charge >= 0.3 is 5.97 Å². The number of carbonyl (C=O) groups is 1. The Morgan fingerprint density at radius 1 is 1.53 bits per heavy atom. The summed E-state index contributed by atoms with van der Waals surface area (Å²) in [7, 11) is 0. The first-order chi connectivity index (χ1) is 7.02. The maximum atomic E-state index is 13.1. The molecule has 1 aromatic rings. The maximum Gasteiger partial charge on any atom is 0.332 e. The molecule has 3 nitrogen and oxygen atoms in total. The number of carboxylic acids is 1. The first-order valence-electron chi connectivity index (χ1n) is 4.29. The normalized spacial score (nSPS) is 12.5. The molecule has 5 heteroatoms. The minimum Gasteiger partial charge on any atom is -0.479 e. The molecule has 0 aliphatic carbocycles. The average molecular weight is 216 g/mol. The van der Waals surface area contributed by atoms with E-state index < -0.39 is 23.7 Å². The zero-order valence-corrected chi connectivity index (χ0v) is 8.04. The van der Waals surface area contributed by atoms with Gasteiger partial charge in [0.2, 0.25) is 0 Å². The summed E-state index contributed by atoms with van der Waals surface area (Å²) in [6.45, 7) is 1.05. The lowest BCUT2D eigenvalue weighted by molar-refractivity contribution is -0.149. The fourth-order valence-electron chi connectivity index (χ4n) is 0.946. The van der Waals surface area contributed by atoms with Gasteiger partial charge in [-0.25, -0.2) is 13.6 Å². The highest BCUT2D eigenvalue weighted by Gasteiger charge is 2.13. The minimum atomic E-state index is -1.15. The molecule has 0 heterocycles. The van der Waals surface area contributed by atoms with Gasteiger partial charge in [0.05, 0.1) is 6.61 Å². The van der Waals surface area contributed by atoms with Crippen LogP contribution in [-0.2, 0) is 16.1 Å². The number of rotatable bonds is 4. The molecule has 0 spiro atoms. The van der Waals surface area contributed by atoms with Crippen molar-refractivity contribution in [2.24, 2.45) is 0 Å². The molecule has 1 atom stereocenters. The number of carboxylic acid groups (broad SMARTS) is 1. The van der Waals surface area contributed by atoms with E-state index in [9.17, 15) is 13.6 Å². The summed E-state index contributed by atoms with van der Waals surface area (Å²) in [5.41, 5.74) is 0.00287. The van der Waals surface area contributed by atoms with Crippen molar-refractivity contribution in [1.29, 1.82) is 0 Å². The standard InChI is InChI=1S/C10H10F2O3/c1-6(10(13)14)15-5-7-3-2-4-8(11)9(7)12/h2-4,6H,5H2,1H3,(H,13,14)/t6-/m0/s1. The molecule has 0 aliphatic rings. The highest BCUT2D eigenvalue weighted by molar-refractivity contribution is 5.71. The second-order valence-corrected chi connectivity index (χ2v) is 3.00. The van der Waals surface area contributed by atoms with Gasteiger partial charge < -0.3 is 9.84 Å². The van der Waals surface area contributed by atoms with Gasteiger partial charge in [-0.15, -0.1) is 0 Å². The Hall–Kier alpha value is -1.49. The van der Waals surface area contributed by atoms with E-state index in [2.05, 4.69) is 0 Å². The van der Waals surface area contributed by atoms with E-state index in [-0.39, 0.29) is 12.2 Å². The molecule has 0 aromatic heterocycles. The summed E-state index contributed by atoms with van der Waals surface area (Å²) in [5.74, 6) is -3.12. The van der Waals surface area contributed by atoms with E-state index in [0.29, 0.717) is 0 Å². The van der Waals surface area contributed by atoms with Gasteiger partial charge in [0, 0.05) is 5.56 Å². The fraction of sp³-hybridized carbons (Fsp3) is 0.300. The Morgan fingerprint density at radius 3 is 2.80 bits per heavy atom. The van der Waals surface area contributed by atoms with Crippen LogP contribution in [0.15, 0.2) is 18.2 Å². The molecular weight excluding hydrogens is 206 g/mol. The zero-order chi connectivity index (χ0) is 11.4. The third-order valence-corrected chi connectivity index (χ3v) is 1.87. The van der Waals surface area contributed by atoms with Crippen LogP contribution in [0, 0.1) is 11.6 Å². The van der Waals surface area contributed by atoms with E-state index >= 15 is 0 Å². The first-order valence-corrected chi connectivity index (χ1v) is 4.29. The van der Waals surface area contributed by atoms with Crippen LogP contribution in [0.25, 0.3) is 0 Å². The lowest BCUT2D eigenvalue weighted by Gasteiger charge is -2.08. The van der Waals surface area contributed by atoms with E-state index in [1.54, 1.807) is 0 Å². The third kappa shape index (κ3) is 2.99. The number of aliphatic carboxylic acids is 1. The Kier molecular flexibility index (Phi) is 3.74. The Bertz CT molecular complexity index is 366. The SMILES string of the molecule is C[C@H](OCc1cccc(F)c1F)C(=O)O. The number of hydrogen-bond donors (Lipinski definition) is 1. The van der Waals surface area contributed by atoms with Crippen molar-refractivity contribution in [3.63, 3.8) is 0 Å². The molecule has 0 fully saturated rings. The first kappa shape index (κ1) is 11.6. The van der Waals surface area contributed by atoms with Crippen LogP contribution in [0.5, 0.6) is 0 Å². The van der Waals surface area contributed by atoms with E-state index in [0.717, 1.165) is 6.07 Å². The molecular formula is C10H10F2O3. The highest BCUT2D eigenvalue weighted by atomic mass is 19.2. The van der Waals surface area contributed by atoms with Crippen LogP contribution in [0.4, 0.5) is 8.78 Å². The van der Waals surface area contributed by atoms with Gasteiger partial charge in [0.15, 0.2) is 17.7 Å². The molecule has 1 rings (SSSR count). The third-order valence-electron chi connectivity index (χ3n) is 1.87. The van der Waals surface area contributed by atoms with Crippen LogP contribution in [0.3, 0.4) is 0 Å². The average Bonchev–Trinajstić information content (AvgIpc) is 2.19. The van der Waals surface area contributed by atoms with Crippen LogP contribution >= 0.6 is 0 Å². The van der Waals surface area contributed by atoms with Crippen molar-refractivity contribution in [1.82, 2.24) is 0 Å². The largest absolute Gasteiger partial charge is 0.479 e. The van der Waals surface area contributed by atoms with E-state index in [4.69, 9.17) is 9.84 Å². The second kappa shape index (κ2) is 4.84. The van der Waals surface area contributed by atoms with Crippen molar-refractivity contribution in [3.05, 3.63) is 35.4 Å². The molecule has 0 aliphatic heterocycles. The summed E-state index contributed by atoms with van der Waals surface area (Å²) < 4.78 is 30.6. The van der Waals surface area contributed by atoms with Crippen LogP contribution in [0.2, 0.25) is 0 Å². The summed E-state index contributed by atoms with van der Waals surface area (Å²) in [6.07, 6.45) is -1.05. The predicted molar refractivity (Wildman–Crippen MR) is 48.2 cm³/mol. The smallest absolute Gasteiger partial charge is 0.332 e. The van der Waals surface area contributed by atoms with Crippen LogP contribution in [0.1, 0.15) is 12.5 Å². The van der Waals surface area contributed by atoms with Gasteiger partial charge in [0.25, 0.3) is 0 Å².